The van der Waals surface area contributed by atoms with Gasteiger partial charge in [-0.2, -0.15) is 4.39 Å². The van der Waals surface area contributed by atoms with Crippen molar-refractivity contribution in [3.63, 3.8) is 0 Å². The number of rotatable bonds is 4. The van der Waals surface area contributed by atoms with Crippen molar-refractivity contribution in [2.45, 2.75) is 16.6 Å². The van der Waals surface area contributed by atoms with Gasteiger partial charge in [-0.25, -0.2) is 8.78 Å². The number of likely N-dealkylation sites (tertiary alicyclic amines) is 1. The largest absolute Gasteiger partial charge is 0.482 e. The molecule has 1 heterocycles. The van der Waals surface area contributed by atoms with Crippen LogP contribution in [0.3, 0.4) is 0 Å². The summed E-state index contributed by atoms with van der Waals surface area (Å²) in [6, 6.07) is 1.64. The van der Waals surface area contributed by atoms with Crippen LogP contribution in [0.1, 0.15) is 0 Å². The normalized spacial score (nSPS) is 17.5. The minimum Gasteiger partial charge on any atom is -0.482 e. The maximum absolute atomic E-state index is 13.6. The van der Waals surface area contributed by atoms with Gasteiger partial charge < -0.3 is 9.64 Å². The Morgan fingerprint density at radius 1 is 1.00 bits per heavy atom. The molecule has 1 aromatic carbocycles. The van der Waals surface area contributed by atoms with Crippen molar-refractivity contribution >= 4 is 39.2 Å². The number of halogens is 3. The molecule has 0 bridgehead atoms. The lowest BCUT2D eigenvalue weighted by Gasteiger charge is -2.55. The number of hydrogen-bond acceptors (Lipinski definition) is 2. The van der Waals surface area contributed by atoms with E-state index in [1.807, 2.05) is 0 Å². The fraction of sp³-hybridized carbons (Fsp3) is 0.455. The molecule has 0 radical (unpaired) electrons. The van der Waals surface area contributed by atoms with Crippen LogP contribution >= 0.6 is 0 Å². The monoisotopic (exact) mass is 291 g/mol. The van der Waals surface area contributed by atoms with Crippen LogP contribution in [0.25, 0.3) is 0 Å². The SMILES string of the molecule is BC(B)(B)C(B)(B)N1CC(Oc2c(F)ccc(F)c2F)C1. The van der Waals surface area contributed by atoms with Crippen LogP contribution in [0.15, 0.2) is 12.1 Å². The first-order valence-corrected chi connectivity index (χ1v) is 7.09. The third-order valence-corrected chi connectivity index (χ3v) is 4.76. The van der Waals surface area contributed by atoms with Crippen molar-refractivity contribution in [3.05, 3.63) is 29.6 Å². The first kappa shape index (κ1) is 16.5. The summed E-state index contributed by atoms with van der Waals surface area (Å²) in [5, 5.41) is -0.000782. The molecule has 0 atom stereocenters. The lowest BCUT2D eigenvalue weighted by atomic mass is 9.26. The van der Waals surface area contributed by atoms with Gasteiger partial charge in [0.25, 0.3) is 0 Å². The van der Waals surface area contributed by atoms with Crippen LogP contribution in [0.2, 0.25) is 5.11 Å². The Morgan fingerprint density at radius 2 is 1.52 bits per heavy atom. The van der Waals surface area contributed by atoms with Crippen molar-refractivity contribution in [2.75, 3.05) is 13.1 Å². The lowest BCUT2D eigenvalue weighted by molar-refractivity contribution is -0.00482. The van der Waals surface area contributed by atoms with E-state index >= 15 is 0 Å². The average molecular weight is 290 g/mol. The molecule has 0 saturated carbocycles. The predicted octanol–water partition coefficient (Wildman–Crippen LogP) is -2.94. The summed E-state index contributed by atoms with van der Waals surface area (Å²) in [6.45, 7) is 1.14. The standard InChI is InChI=1S/C11H17B5F3NO/c12-10(13,14)11(15,16)20-3-5(4-20)21-9-7(18)2-1-6(17)8(9)19/h1-2,5H,3-4,12-16H2. The van der Waals surface area contributed by atoms with Gasteiger partial charge in [-0.05, 0) is 12.1 Å². The molecule has 0 unspecified atom stereocenters. The van der Waals surface area contributed by atoms with Gasteiger partial charge in [-0.15, -0.1) is 5.11 Å². The smallest absolute Gasteiger partial charge is 0.203 e. The van der Waals surface area contributed by atoms with E-state index in [1.54, 1.807) is 0 Å². The molecule has 0 amide bonds. The van der Waals surface area contributed by atoms with Gasteiger partial charge in [0.05, 0.1) is 23.5 Å². The van der Waals surface area contributed by atoms with Crippen LogP contribution in [-0.2, 0) is 0 Å². The Kier molecular flexibility index (Phi) is 4.22. The van der Waals surface area contributed by atoms with Gasteiger partial charge in [-0.1, -0.05) is 5.34 Å². The molecule has 2 nitrogen and oxygen atoms in total. The maximum atomic E-state index is 13.6. The first-order chi connectivity index (χ1) is 9.54. The molecule has 1 aliphatic rings. The highest BCUT2D eigenvalue weighted by atomic mass is 19.2. The van der Waals surface area contributed by atoms with Crippen molar-refractivity contribution in [2.24, 2.45) is 0 Å². The zero-order valence-corrected chi connectivity index (χ0v) is 13.1. The summed E-state index contributed by atoms with van der Waals surface area (Å²) in [7, 11) is 10.7. The molecular weight excluding hydrogens is 273 g/mol. The third-order valence-electron chi connectivity index (χ3n) is 4.76. The molecule has 10 heteroatoms. The molecule has 1 saturated heterocycles. The van der Waals surface area contributed by atoms with E-state index in [-0.39, 0.29) is 16.6 Å². The van der Waals surface area contributed by atoms with E-state index in [0.717, 1.165) is 12.1 Å². The van der Waals surface area contributed by atoms with Crippen LogP contribution < -0.4 is 4.74 Å². The van der Waals surface area contributed by atoms with Crippen molar-refractivity contribution in [3.8, 4) is 5.75 Å². The summed E-state index contributed by atoms with van der Waals surface area (Å²) < 4.78 is 45.5. The highest BCUT2D eigenvalue weighted by Gasteiger charge is 2.44. The number of nitrogens with zero attached hydrogens (tertiary/aromatic N) is 1. The van der Waals surface area contributed by atoms with Gasteiger partial charge in [0.15, 0.2) is 17.4 Å². The fourth-order valence-electron chi connectivity index (χ4n) is 2.23. The van der Waals surface area contributed by atoms with Crippen LogP contribution in [-0.4, -0.2) is 68.7 Å². The molecule has 21 heavy (non-hydrogen) atoms. The van der Waals surface area contributed by atoms with E-state index < -0.39 is 23.2 Å². The minimum absolute atomic E-state index is 0.0628. The topological polar surface area (TPSA) is 12.5 Å². The number of benzene rings is 1. The van der Waals surface area contributed by atoms with E-state index in [4.69, 9.17) is 4.74 Å². The van der Waals surface area contributed by atoms with Gasteiger partial charge in [0.2, 0.25) is 5.82 Å². The quantitative estimate of drug-likeness (QED) is 0.435. The molecule has 0 aromatic heterocycles. The molecule has 0 aliphatic carbocycles. The minimum atomic E-state index is -1.26. The number of ether oxygens (including phenoxy) is 1. The molecule has 1 fully saturated rings. The zero-order chi connectivity index (χ0) is 16.0. The van der Waals surface area contributed by atoms with Crippen LogP contribution in [0, 0.1) is 17.5 Å². The average Bonchev–Trinajstić information content (AvgIpc) is 2.30. The first-order valence-electron chi connectivity index (χ1n) is 7.09. The van der Waals surface area contributed by atoms with Gasteiger partial charge in [0.1, 0.15) is 21.8 Å². The van der Waals surface area contributed by atoms with E-state index in [1.165, 1.54) is 0 Å². The second-order valence-electron chi connectivity index (χ2n) is 7.13. The van der Waals surface area contributed by atoms with Gasteiger partial charge in [-0.3, -0.25) is 0 Å². The second kappa shape index (κ2) is 5.38. The summed E-state index contributed by atoms with van der Waals surface area (Å²) in [5.41, 5.74) is 0. The lowest BCUT2D eigenvalue weighted by Crippen LogP contribution is -2.69. The molecular formula is C11H17B5F3NO. The van der Waals surface area contributed by atoms with Crippen molar-refractivity contribution < 1.29 is 17.9 Å². The molecule has 1 aromatic rings. The van der Waals surface area contributed by atoms with E-state index in [0.29, 0.717) is 13.1 Å². The van der Waals surface area contributed by atoms with Crippen LogP contribution in [0.5, 0.6) is 5.75 Å². The highest BCUT2D eigenvalue weighted by Crippen LogP contribution is 2.34. The Hall–Kier alpha value is -0.905. The Labute approximate surface area is 127 Å². The van der Waals surface area contributed by atoms with Gasteiger partial charge >= 0.3 is 0 Å². The van der Waals surface area contributed by atoms with Crippen LogP contribution in [0.4, 0.5) is 13.2 Å². The second-order valence-corrected chi connectivity index (χ2v) is 7.13. The molecule has 1 aliphatic heterocycles. The Morgan fingerprint density at radius 3 is 2.05 bits per heavy atom. The summed E-state index contributed by atoms with van der Waals surface area (Å²) >= 11 is 0. The van der Waals surface area contributed by atoms with E-state index in [9.17, 15) is 13.2 Å². The van der Waals surface area contributed by atoms with Crippen molar-refractivity contribution in [1.82, 2.24) is 4.90 Å². The van der Waals surface area contributed by atoms with E-state index in [2.05, 4.69) is 44.1 Å². The Bertz CT molecular complexity index is 545. The van der Waals surface area contributed by atoms with Crippen molar-refractivity contribution in [1.29, 1.82) is 0 Å². The molecule has 0 spiro atoms. The third kappa shape index (κ3) is 3.00. The van der Waals surface area contributed by atoms with Gasteiger partial charge in [0, 0.05) is 13.1 Å². The molecule has 108 valence electrons. The molecule has 2 rings (SSSR count). The maximum Gasteiger partial charge on any atom is 0.203 e. The molecule has 0 N–H and O–H groups in total. The summed E-state index contributed by atoms with van der Waals surface area (Å²) in [4.78, 5) is 2.20. The fourth-order valence-corrected chi connectivity index (χ4v) is 2.23. The number of hydrogen-bond donors (Lipinski definition) is 0. The predicted molar refractivity (Wildman–Crippen MR) is 90.4 cm³/mol. The highest BCUT2D eigenvalue weighted by molar-refractivity contribution is 6.67. The zero-order valence-electron chi connectivity index (χ0n) is 13.1. The Balaban J connectivity index is 2.03. The summed E-state index contributed by atoms with van der Waals surface area (Å²) in [5.74, 6) is -3.85. The summed E-state index contributed by atoms with van der Waals surface area (Å²) in [6.07, 6.45) is -0.322.